The first-order chi connectivity index (χ1) is 10.8. The predicted molar refractivity (Wildman–Crippen MR) is 91.5 cm³/mol. The van der Waals surface area contributed by atoms with Gasteiger partial charge >= 0.3 is 0 Å². The van der Waals surface area contributed by atoms with Gasteiger partial charge in [-0.1, -0.05) is 31.4 Å². The Kier molecular flexibility index (Phi) is 3.33. The van der Waals surface area contributed by atoms with Crippen LogP contribution in [0.4, 0.5) is 0 Å². The number of hydrogen-bond acceptors (Lipinski definition) is 2. The molecule has 4 aliphatic rings. The molecule has 23 heavy (non-hydrogen) atoms. The normalized spacial score (nSPS) is 55.2. The topological polar surface area (TPSA) is 40.5 Å². The third-order valence-electron chi connectivity index (χ3n) is 8.48. The lowest BCUT2D eigenvalue weighted by Crippen LogP contribution is -2.54. The molecule has 4 rings (SSSR count). The molecule has 0 spiro atoms. The molecular weight excluding hydrogens is 284 g/mol. The Morgan fingerprint density at radius 1 is 1.09 bits per heavy atom. The number of rotatable bonds is 0. The maximum absolute atomic E-state index is 11.0. The zero-order chi connectivity index (χ0) is 16.5. The Labute approximate surface area is 140 Å². The fraction of sp³-hybridized carbons (Fsp3) is 0.810. The van der Waals surface area contributed by atoms with Gasteiger partial charge in [-0.15, -0.1) is 6.42 Å². The third-order valence-corrected chi connectivity index (χ3v) is 8.48. The summed E-state index contributed by atoms with van der Waals surface area (Å²) in [5.41, 5.74) is 0.767. The van der Waals surface area contributed by atoms with Crippen LogP contribution in [0.5, 0.6) is 0 Å². The maximum atomic E-state index is 11.0. The quantitative estimate of drug-likeness (QED) is 0.529. The minimum atomic E-state index is -0.900. The highest BCUT2D eigenvalue weighted by atomic mass is 16.3. The van der Waals surface area contributed by atoms with Crippen LogP contribution in [0.25, 0.3) is 0 Å². The van der Waals surface area contributed by atoms with E-state index in [2.05, 4.69) is 25.8 Å². The van der Waals surface area contributed by atoms with Crippen LogP contribution < -0.4 is 0 Å². The van der Waals surface area contributed by atoms with Gasteiger partial charge in [-0.2, -0.15) is 0 Å². The van der Waals surface area contributed by atoms with Crippen molar-refractivity contribution in [2.45, 2.75) is 76.9 Å². The van der Waals surface area contributed by atoms with Crippen molar-refractivity contribution in [3.05, 3.63) is 11.6 Å². The molecule has 0 unspecified atom stereocenters. The molecule has 0 saturated heterocycles. The largest absolute Gasteiger partial charge is 0.389 e. The predicted octanol–water partition coefficient (Wildman–Crippen LogP) is 3.67. The third kappa shape index (κ3) is 1.90. The molecule has 3 fully saturated rings. The van der Waals surface area contributed by atoms with E-state index in [0.717, 1.165) is 38.5 Å². The highest BCUT2D eigenvalue weighted by Gasteiger charge is 2.63. The summed E-state index contributed by atoms with van der Waals surface area (Å²) in [4.78, 5) is 0. The average molecular weight is 314 g/mol. The fourth-order valence-corrected chi connectivity index (χ4v) is 6.96. The Bertz CT molecular complexity index is 587. The van der Waals surface area contributed by atoms with Crippen molar-refractivity contribution in [2.75, 3.05) is 0 Å². The van der Waals surface area contributed by atoms with E-state index in [4.69, 9.17) is 6.42 Å². The van der Waals surface area contributed by atoms with Gasteiger partial charge in [0.2, 0.25) is 0 Å². The Morgan fingerprint density at radius 3 is 2.57 bits per heavy atom. The summed E-state index contributed by atoms with van der Waals surface area (Å²) in [6.07, 6.45) is 16.1. The molecule has 2 heteroatoms. The summed E-state index contributed by atoms with van der Waals surface area (Å²) in [5, 5.41) is 21.0. The lowest BCUT2D eigenvalue weighted by molar-refractivity contribution is -0.101. The molecule has 126 valence electrons. The number of fused-ring (bicyclic) bond motifs is 5. The summed E-state index contributed by atoms with van der Waals surface area (Å²) in [6.45, 7) is 4.69. The Hall–Kier alpha value is -0.780. The van der Waals surface area contributed by atoms with Gasteiger partial charge in [0.05, 0.1) is 6.10 Å². The second kappa shape index (κ2) is 4.87. The molecule has 7 atom stereocenters. The number of terminal acetylenes is 1. The van der Waals surface area contributed by atoms with Gasteiger partial charge in [-0.05, 0) is 74.5 Å². The highest BCUT2D eigenvalue weighted by molar-refractivity contribution is 5.28. The van der Waals surface area contributed by atoms with Crippen molar-refractivity contribution in [3.8, 4) is 12.3 Å². The van der Waals surface area contributed by atoms with Gasteiger partial charge in [0.15, 0.2) is 0 Å². The molecule has 2 nitrogen and oxygen atoms in total. The maximum Gasteiger partial charge on any atom is 0.130 e. The summed E-state index contributed by atoms with van der Waals surface area (Å²) in [6, 6.07) is 0. The molecule has 0 aromatic carbocycles. The van der Waals surface area contributed by atoms with Crippen LogP contribution in [0.2, 0.25) is 0 Å². The summed E-state index contributed by atoms with van der Waals surface area (Å²) in [7, 11) is 0. The van der Waals surface area contributed by atoms with E-state index >= 15 is 0 Å². The van der Waals surface area contributed by atoms with Gasteiger partial charge < -0.3 is 10.2 Å². The molecule has 0 aromatic rings. The van der Waals surface area contributed by atoms with Crippen LogP contribution >= 0.6 is 0 Å². The summed E-state index contributed by atoms with van der Waals surface area (Å²) >= 11 is 0. The molecule has 3 saturated carbocycles. The van der Waals surface area contributed by atoms with E-state index in [-0.39, 0.29) is 16.9 Å². The van der Waals surface area contributed by atoms with Crippen LogP contribution in [-0.2, 0) is 0 Å². The van der Waals surface area contributed by atoms with Crippen LogP contribution in [0.3, 0.4) is 0 Å². The molecule has 0 aromatic heterocycles. The number of hydrogen-bond donors (Lipinski definition) is 2. The van der Waals surface area contributed by atoms with Crippen LogP contribution in [0, 0.1) is 40.9 Å². The van der Waals surface area contributed by atoms with Gasteiger partial charge in [-0.3, -0.25) is 0 Å². The van der Waals surface area contributed by atoms with Crippen LogP contribution in [0.1, 0.15) is 65.2 Å². The first kappa shape index (κ1) is 15.7. The van der Waals surface area contributed by atoms with Crippen molar-refractivity contribution in [3.63, 3.8) is 0 Å². The van der Waals surface area contributed by atoms with Gasteiger partial charge in [0, 0.05) is 5.41 Å². The van der Waals surface area contributed by atoms with E-state index in [1.54, 1.807) is 0 Å². The molecule has 0 amide bonds. The highest BCUT2D eigenvalue weighted by Crippen LogP contribution is 2.67. The molecular formula is C21H30O2. The molecule has 0 aliphatic heterocycles. The van der Waals surface area contributed by atoms with E-state index in [9.17, 15) is 10.2 Å². The van der Waals surface area contributed by atoms with Crippen molar-refractivity contribution in [2.24, 2.45) is 28.6 Å². The van der Waals surface area contributed by atoms with E-state index in [0.29, 0.717) is 17.8 Å². The van der Waals surface area contributed by atoms with Crippen molar-refractivity contribution >= 4 is 0 Å². The molecule has 4 aliphatic carbocycles. The van der Waals surface area contributed by atoms with E-state index in [1.807, 2.05) is 0 Å². The lowest BCUT2D eigenvalue weighted by atomic mass is 9.46. The van der Waals surface area contributed by atoms with Crippen molar-refractivity contribution in [1.29, 1.82) is 0 Å². The Balaban J connectivity index is 1.69. The van der Waals surface area contributed by atoms with Crippen molar-refractivity contribution < 1.29 is 10.2 Å². The second-order valence-electron chi connectivity index (χ2n) is 9.13. The monoisotopic (exact) mass is 314 g/mol. The minimum Gasteiger partial charge on any atom is -0.389 e. The zero-order valence-electron chi connectivity index (χ0n) is 14.5. The van der Waals surface area contributed by atoms with Crippen LogP contribution in [-0.4, -0.2) is 21.9 Å². The van der Waals surface area contributed by atoms with Gasteiger partial charge in [0.25, 0.3) is 0 Å². The molecule has 0 bridgehead atoms. The SMILES string of the molecule is C#C[C@]1(O)CC[C@@H]2[C@H]3CCC4=C[C@@H](O)CC[C@]4(C)[C@@H]3CC[C@@]21C. The van der Waals surface area contributed by atoms with E-state index in [1.165, 1.54) is 18.4 Å². The Morgan fingerprint density at radius 2 is 1.83 bits per heavy atom. The van der Waals surface area contributed by atoms with Crippen LogP contribution in [0.15, 0.2) is 11.6 Å². The minimum absolute atomic E-state index is 0.103. The van der Waals surface area contributed by atoms with Gasteiger partial charge in [-0.25, -0.2) is 0 Å². The first-order valence-electron chi connectivity index (χ1n) is 9.43. The number of aliphatic hydroxyl groups is 2. The molecule has 0 radical (unpaired) electrons. The fourth-order valence-electron chi connectivity index (χ4n) is 6.96. The number of allylic oxidation sites excluding steroid dienone is 1. The van der Waals surface area contributed by atoms with Gasteiger partial charge in [0.1, 0.15) is 5.60 Å². The smallest absolute Gasteiger partial charge is 0.130 e. The zero-order valence-corrected chi connectivity index (χ0v) is 14.5. The standard InChI is InChI=1S/C21H30O2/c1-4-21(23)12-9-18-16-6-5-14-13-15(22)7-10-19(14,2)17(16)8-11-20(18,21)3/h1,13,15-18,22-23H,5-12H2,2-3H3/t15-,16-,17+,18+,19-,20-,21-/m0/s1. The molecule has 0 heterocycles. The van der Waals surface area contributed by atoms with E-state index < -0.39 is 5.60 Å². The summed E-state index contributed by atoms with van der Waals surface area (Å²) in [5.74, 6) is 4.71. The van der Waals surface area contributed by atoms with Crippen molar-refractivity contribution in [1.82, 2.24) is 0 Å². The lowest BCUT2D eigenvalue weighted by Gasteiger charge is -2.59. The number of aliphatic hydroxyl groups excluding tert-OH is 1. The second-order valence-corrected chi connectivity index (χ2v) is 9.13. The average Bonchev–Trinajstić information content (AvgIpc) is 2.80. The first-order valence-corrected chi connectivity index (χ1v) is 9.43. The molecule has 2 N–H and O–H groups in total. The summed E-state index contributed by atoms with van der Waals surface area (Å²) < 4.78 is 0.